The Balaban J connectivity index is 1.41. The first kappa shape index (κ1) is 25.6. The van der Waals surface area contributed by atoms with Crippen molar-refractivity contribution in [3.8, 4) is 6.07 Å². The molecule has 0 amide bonds. The minimum absolute atomic E-state index is 0.0393. The first-order valence-electron chi connectivity index (χ1n) is 15.5. The Kier molecular flexibility index (Phi) is 5.40. The van der Waals surface area contributed by atoms with E-state index >= 15 is 0 Å². The van der Waals surface area contributed by atoms with Gasteiger partial charge in [0.15, 0.2) is 0 Å². The normalized spacial score (nSPS) is 17.4. The predicted octanol–water partition coefficient (Wildman–Crippen LogP) is 11.3. The number of allylic oxidation sites excluding steroid dienone is 10. The number of rotatable bonds is 2. The highest BCUT2D eigenvalue weighted by Gasteiger charge is 2.38. The number of thiophene rings is 1. The fourth-order valence-electron chi connectivity index (χ4n) is 7.99. The number of benzene rings is 4. The summed E-state index contributed by atoms with van der Waals surface area (Å²) in [6.45, 7) is 4.78. The second kappa shape index (κ2) is 9.29. The average molecular weight is 583 g/mol. The molecule has 2 heterocycles. The first-order valence-corrected chi connectivity index (χ1v) is 16.3. The number of nitrogens with zero attached hydrogens (tertiary/aromatic N) is 2. The molecular weight excluding hydrogens is 553 g/mol. The summed E-state index contributed by atoms with van der Waals surface area (Å²) in [6.07, 6.45) is 14.2. The van der Waals surface area contributed by atoms with E-state index in [0.29, 0.717) is 0 Å². The number of hydrogen-bond donors (Lipinski definition) is 0. The zero-order valence-electron chi connectivity index (χ0n) is 24.8. The van der Waals surface area contributed by atoms with Gasteiger partial charge in [-0.15, -0.1) is 11.3 Å². The van der Waals surface area contributed by atoms with E-state index in [4.69, 9.17) is 0 Å². The van der Waals surface area contributed by atoms with Gasteiger partial charge in [-0.05, 0) is 77.9 Å². The van der Waals surface area contributed by atoms with Crippen LogP contribution in [0.2, 0.25) is 0 Å². The van der Waals surface area contributed by atoms with Gasteiger partial charge in [0.2, 0.25) is 0 Å². The minimum Gasteiger partial charge on any atom is -0.309 e. The quantitative estimate of drug-likeness (QED) is 0.200. The summed E-state index contributed by atoms with van der Waals surface area (Å²) in [7, 11) is 0. The van der Waals surface area contributed by atoms with Gasteiger partial charge >= 0.3 is 0 Å². The SMILES string of the molecule is CC1(C)C2=C(C=CCC2)c2cc3c(cc21)sc1cccc(C2=C(n4c5ccccc5c5ccccc54)C=CCC=C2C#N)c13. The molecule has 0 aliphatic heterocycles. The van der Waals surface area contributed by atoms with Gasteiger partial charge in [0.1, 0.15) is 0 Å². The Morgan fingerprint density at radius 2 is 1.57 bits per heavy atom. The molecule has 3 aliphatic rings. The average Bonchev–Trinajstić information content (AvgIpc) is 3.59. The Morgan fingerprint density at radius 3 is 2.34 bits per heavy atom. The summed E-state index contributed by atoms with van der Waals surface area (Å²) < 4.78 is 4.94. The third-order valence-corrected chi connectivity index (χ3v) is 11.1. The van der Waals surface area contributed by atoms with Gasteiger partial charge in [0.05, 0.1) is 28.4 Å². The van der Waals surface area contributed by atoms with Crippen LogP contribution >= 0.6 is 11.3 Å². The summed E-state index contributed by atoms with van der Waals surface area (Å²) in [5, 5.41) is 15.6. The maximum atomic E-state index is 10.6. The molecule has 0 N–H and O–H groups in total. The van der Waals surface area contributed by atoms with Crippen LogP contribution in [0.15, 0.2) is 120 Å². The van der Waals surface area contributed by atoms with Gasteiger partial charge in [-0.25, -0.2) is 0 Å². The van der Waals surface area contributed by atoms with Crippen LogP contribution in [-0.4, -0.2) is 4.57 Å². The van der Waals surface area contributed by atoms with Crippen molar-refractivity contribution in [2.24, 2.45) is 0 Å². The number of hydrogen-bond acceptors (Lipinski definition) is 2. The van der Waals surface area contributed by atoms with Crippen molar-refractivity contribution >= 4 is 70.2 Å². The van der Waals surface area contributed by atoms with Crippen molar-refractivity contribution in [2.75, 3.05) is 0 Å². The van der Waals surface area contributed by atoms with Crippen LogP contribution in [0.3, 0.4) is 0 Å². The Bertz CT molecular complexity index is 2390. The van der Waals surface area contributed by atoms with E-state index in [-0.39, 0.29) is 5.41 Å². The zero-order chi connectivity index (χ0) is 29.6. The molecule has 210 valence electrons. The maximum Gasteiger partial charge on any atom is 0.0995 e. The molecule has 0 saturated heterocycles. The molecule has 0 atom stereocenters. The first-order chi connectivity index (χ1) is 21.6. The lowest BCUT2D eigenvalue weighted by Gasteiger charge is -2.25. The molecule has 0 unspecified atom stereocenters. The summed E-state index contributed by atoms with van der Waals surface area (Å²) in [5.41, 5.74) is 12.0. The van der Waals surface area contributed by atoms with Gasteiger partial charge < -0.3 is 4.57 Å². The third kappa shape index (κ3) is 3.41. The van der Waals surface area contributed by atoms with E-state index in [0.717, 1.165) is 52.7 Å². The van der Waals surface area contributed by atoms with Gasteiger partial charge in [-0.1, -0.05) is 92.3 Å². The smallest absolute Gasteiger partial charge is 0.0995 e. The largest absolute Gasteiger partial charge is 0.309 e. The highest BCUT2D eigenvalue weighted by Crippen LogP contribution is 2.53. The van der Waals surface area contributed by atoms with Gasteiger partial charge in [-0.2, -0.15) is 5.26 Å². The van der Waals surface area contributed by atoms with Crippen LogP contribution in [0.5, 0.6) is 0 Å². The van der Waals surface area contributed by atoms with E-state index in [1.807, 2.05) is 11.3 Å². The van der Waals surface area contributed by atoms with Crippen molar-refractivity contribution in [2.45, 2.75) is 38.5 Å². The lowest BCUT2D eigenvalue weighted by molar-refractivity contribution is 0.608. The standard InChI is InChI=1S/C41H30N2S/c1-41(2)32-17-7-4-13-26(32)30-22-31-38(23-33(30)41)44-37-21-11-16-29(40(31)37)39-25(24-42)12-3-8-20-36(39)43-34-18-9-5-14-27(34)28-15-6-10-19-35(28)43/h4-6,8-16,18-23H,3,7,17H2,1-2H3. The zero-order valence-corrected chi connectivity index (χ0v) is 25.6. The minimum atomic E-state index is 0.0393. The molecule has 2 aromatic heterocycles. The maximum absolute atomic E-state index is 10.6. The molecule has 0 fully saturated rings. The fourth-order valence-corrected chi connectivity index (χ4v) is 9.14. The Labute approximate surface area is 260 Å². The van der Waals surface area contributed by atoms with Gasteiger partial charge in [0.25, 0.3) is 0 Å². The fraction of sp³-hybridized carbons (Fsp3) is 0.146. The second-order valence-electron chi connectivity index (χ2n) is 12.6. The molecule has 44 heavy (non-hydrogen) atoms. The highest BCUT2D eigenvalue weighted by molar-refractivity contribution is 7.25. The Morgan fingerprint density at radius 1 is 0.795 bits per heavy atom. The van der Waals surface area contributed by atoms with E-state index in [9.17, 15) is 5.26 Å². The van der Waals surface area contributed by atoms with Crippen molar-refractivity contribution < 1.29 is 0 Å². The number of aromatic nitrogens is 1. The highest BCUT2D eigenvalue weighted by atomic mass is 32.1. The van der Waals surface area contributed by atoms with Crippen LogP contribution in [0.4, 0.5) is 0 Å². The van der Waals surface area contributed by atoms with E-state index in [1.165, 1.54) is 47.6 Å². The Hall–Kier alpha value is -4.91. The summed E-state index contributed by atoms with van der Waals surface area (Å²) >= 11 is 1.87. The van der Waals surface area contributed by atoms with Gasteiger partial charge in [-0.3, -0.25) is 0 Å². The molecule has 6 aromatic rings. The van der Waals surface area contributed by atoms with Crippen molar-refractivity contribution in [3.63, 3.8) is 0 Å². The molecule has 0 saturated carbocycles. The number of para-hydroxylation sites is 2. The van der Waals surface area contributed by atoms with E-state index in [2.05, 4.69) is 134 Å². The molecule has 4 aromatic carbocycles. The van der Waals surface area contributed by atoms with Crippen LogP contribution in [0.25, 0.3) is 58.8 Å². The molecule has 2 nitrogen and oxygen atoms in total. The summed E-state index contributed by atoms with van der Waals surface area (Å²) in [6, 6.07) is 31.4. The molecule has 0 spiro atoms. The van der Waals surface area contributed by atoms with Crippen LogP contribution in [0.1, 0.15) is 49.8 Å². The van der Waals surface area contributed by atoms with Crippen molar-refractivity contribution in [1.82, 2.24) is 4.57 Å². The van der Waals surface area contributed by atoms with Crippen LogP contribution in [0, 0.1) is 11.3 Å². The lowest BCUT2D eigenvalue weighted by atomic mass is 9.78. The van der Waals surface area contributed by atoms with Crippen molar-refractivity contribution in [1.29, 1.82) is 5.26 Å². The second-order valence-corrected chi connectivity index (χ2v) is 13.7. The monoisotopic (exact) mass is 582 g/mol. The molecule has 3 heteroatoms. The summed E-state index contributed by atoms with van der Waals surface area (Å²) in [4.78, 5) is 0. The summed E-state index contributed by atoms with van der Waals surface area (Å²) in [5.74, 6) is 0. The molecule has 0 bridgehead atoms. The van der Waals surface area contributed by atoms with E-state index in [1.54, 1.807) is 5.57 Å². The molecule has 3 aliphatic carbocycles. The lowest BCUT2D eigenvalue weighted by Crippen LogP contribution is -2.17. The topological polar surface area (TPSA) is 28.7 Å². The van der Waals surface area contributed by atoms with Gasteiger partial charge in [0, 0.05) is 41.9 Å². The molecular formula is C41H30N2S. The molecule has 0 radical (unpaired) electrons. The van der Waals surface area contributed by atoms with Crippen LogP contribution in [-0.2, 0) is 5.41 Å². The number of fused-ring (bicyclic) bond motifs is 8. The third-order valence-electron chi connectivity index (χ3n) is 9.99. The number of nitriles is 1. The van der Waals surface area contributed by atoms with Crippen LogP contribution < -0.4 is 0 Å². The predicted molar refractivity (Wildman–Crippen MR) is 188 cm³/mol. The molecule has 9 rings (SSSR count). The van der Waals surface area contributed by atoms with Crippen molar-refractivity contribution in [3.05, 3.63) is 137 Å². The van der Waals surface area contributed by atoms with E-state index < -0.39 is 0 Å².